The van der Waals surface area contributed by atoms with Gasteiger partial charge in [-0.2, -0.15) is 0 Å². The van der Waals surface area contributed by atoms with Crippen LogP contribution in [0.15, 0.2) is 65.3 Å². The van der Waals surface area contributed by atoms with E-state index in [1.807, 2.05) is 65.7 Å². The van der Waals surface area contributed by atoms with Gasteiger partial charge in [0.05, 0.1) is 0 Å². The van der Waals surface area contributed by atoms with Gasteiger partial charge in [0.1, 0.15) is 0 Å². The number of aromatic amines is 1. The predicted molar refractivity (Wildman–Crippen MR) is 114 cm³/mol. The summed E-state index contributed by atoms with van der Waals surface area (Å²) in [5.74, 6) is -0.00985. The minimum Gasteiger partial charge on any atom is -0.361 e. The van der Waals surface area contributed by atoms with Gasteiger partial charge in [-0.25, -0.2) is 0 Å². The van der Waals surface area contributed by atoms with Crippen molar-refractivity contribution in [2.75, 3.05) is 26.2 Å². The Morgan fingerprint density at radius 3 is 2.39 bits per heavy atom. The molecule has 5 nitrogen and oxygen atoms in total. The molecule has 1 fully saturated rings. The van der Waals surface area contributed by atoms with Gasteiger partial charge in [0.15, 0.2) is 0 Å². The van der Waals surface area contributed by atoms with Crippen molar-refractivity contribution >= 4 is 44.7 Å². The Labute approximate surface area is 171 Å². The molecule has 28 heavy (non-hydrogen) atoms. The largest absolute Gasteiger partial charge is 0.361 e. The highest BCUT2D eigenvalue weighted by Gasteiger charge is 2.24. The van der Waals surface area contributed by atoms with Gasteiger partial charge in [-0.3, -0.25) is 9.59 Å². The lowest BCUT2D eigenvalue weighted by molar-refractivity contribution is -0.127. The molecule has 2 heterocycles. The van der Waals surface area contributed by atoms with E-state index in [0.717, 1.165) is 20.9 Å². The van der Waals surface area contributed by atoms with Crippen molar-refractivity contribution in [3.8, 4) is 0 Å². The summed E-state index contributed by atoms with van der Waals surface area (Å²) >= 11 is 3.40. The van der Waals surface area contributed by atoms with Crippen molar-refractivity contribution in [3.05, 3.63) is 76.4 Å². The van der Waals surface area contributed by atoms with Crippen LogP contribution < -0.4 is 0 Å². The van der Waals surface area contributed by atoms with E-state index in [2.05, 4.69) is 20.9 Å². The van der Waals surface area contributed by atoms with Crippen LogP contribution in [0.3, 0.4) is 0 Å². The third kappa shape index (κ3) is 4.02. The molecule has 142 valence electrons. The molecule has 6 heteroatoms. The van der Waals surface area contributed by atoms with Crippen LogP contribution >= 0.6 is 15.9 Å². The molecule has 2 aromatic carbocycles. The lowest BCUT2D eigenvalue weighted by Gasteiger charge is -2.34. The van der Waals surface area contributed by atoms with Crippen LogP contribution in [0.2, 0.25) is 0 Å². The van der Waals surface area contributed by atoms with Crippen molar-refractivity contribution in [2.45, 2.75) is 0 Å². The molecule has 0 spiro atoms. The average Bonchev–Trinajstić information content (AvgIpc) is 3.20. The SMILES string of the molecule is O=C(/C=C/c1ccc(Br)cc1)N1CCN(C(=O)c2ccc3[nH]ccc3c2)CC1. The Balaban J connectivity index is 1.35. The number of nitrogens with zero attached hydrogens (tertiary/aromatic N) is 2. The van der Waals surface area contributed by atoms with E-state index in [1.54, 1.807) is 11.0 Å². The zero-order valence-electron chi connectivity index (χ0n) is 15.3. The first-order valence-electron chi connectivity index (χ1n) is 9.19. The summed E-state index contributed by atoms with van der Waals surface area (Å²) in [6.45, 7) is 2.17. The van der Waals surface area contributed by atoms with Crippen molar-refractivity contribution in [1.82, 2.24) is 14.8 Å². The van der Waals surface area contributed by atoms with Crippen LogP contribution in [0, 0.1) is 0 Å². The summed E-state index contributed by atoms with van der Waals surface area (Å²) < 4.78 is 1.01. The van der Waals surface area contributed by atoms with Gasteiger partial charge in [-0.15, -0.1) is 0 Å². The summed E-state index contributed by atoms with van der Waals surface area (Å²) in [5.41, 5.74) is 2.68. The van der Waals surface area contributed by atoms with Gasteiger partial charge < -0.3 is 14.8 Å². The highest BCUT2D eigenvalue weighted by atomic mass is 79.9. The van der Waals surface area contributed by atoms with E-state index < -0.39 is 0 Å². The van der Waals surface area contributed by atoms with E-state index in [9.17, 15) is 9.59 Å². The van der Waals surface area contributed by atoms with Gasteiger partial charge in [0, 0.05) is 59.4 Å². The number of amides is 2. The van der Waals surface area contributed by atoms with Gasteiger partial charge in [-0.1, -0.05) is 28.1 Å². The molecular formula is C22H20BrN3O2. The summed E-state index contributed by atoms with van der Waals surface area (Å²) in [5, 5.41) is 1.03. The van der Waals surface area contributed by atoms with E-state index in [1.165, 1.54) is 0 Å². The molecule has 0 unspecified atom stereocenters. The topological polar surface area (TPSA) is 56.4 Å². The van der Waals surface area contributed by atoms with Gasteiger partial charge in [-0.05, 0) is 48.0 Å². The summed E-state index contributed by atoms with van der Waals surface area (Å²) in [4.78, 5) is 31.9. The highest BCUT2D eigenvalue weighted by Crippen LogP contribution is 2.17. The second-order valence-corrected chi connectivity index (χ2v) is 7.70. The number of rotatable bonds is 3. The summed E-state index contributed by atoms with van der Waals surface area (Å²) in [6.07, 6.45) is 5.28. The van der Waals surface area contributed by atoms with Crippen LogP contribution in [-0.2, 0) is 4.79 Å². The number of halogens is 1. The molecule has 3 aromatic rings. The standard InChI is InChI=1S/C22H20BrN3O2/c23-19-5-1-16(2-6-19)3-8-21(27)25-11-13-26(14-12-25)22(28)18-4-7-20-17(15-18)9-10-24-20/h1-10,15,24H,11-14H2/b8-3+. The molecule has 1 saturated heterocycles. The Morgan fingerprint density at radius 1 is 0.929 bits per heavy atom. The molecule has 0 saturated carbocycles. The van der Waals surface area contributed by atoms with Crippen LogP contribution in [0.25, 0.3) is 17.0 Å². The molecule has 0 atom stereocenters. The van der Waals surface area contributed by atoms with Crippen molar-refractivity contribution < 1.29 is 9.59 Å². The highest BCUT2D eigenvalue weighted by molar-refractivity contribution is 9.10. The van der Waals surface area contributed by atoms with E-state index >= 15 is 0 Å². The second-order valence-electron chi connectivity index (χ2n) is 6.78. The Morgan fingerprint density at radius 2 is 1.64 bits per heavy atom. The van der Waals surface area contributed by atoms with Crippen molar-refractivity contribution in [2.24, 2.45) is 0 Å². The van der Waals surface area contributed by atoms with Crippen LogP contribution in [0.1, 0.15) is 15.9 Å². The smallest absolute Gasteiger partial charge is 0.253 e. The number of piperazine rings is 1. The maximum absolute atomic E-state index is 12.8. The number of hydrogen-bond acceptors (Lipinski definition) is 2. The number of hydrogen-bond donors (Lipinski definition) is 1. The Kier molecular flexibility index (Phi) is 5.30. The number of nitrogens with one attached hydrogen (secondary N) is 1. The van der Waals surface area contributed by atoms with E-state index in [4.69, 9.17) is 0 Å². The fourth-order valence-electron chi connectivity index (χ4n) is 3.35. The third-order valence-electron chi connectivity index (χ3n) is 4.97. The second kappa shape index (κ2) is 8.02. The van der Waals surface area contributed by atoms with Gasteiger partial charge in [0.25, 0.3) is 5.91 Å². The third-order valence-corrected chi connectivity index (χ3v) is 5.50. The fourth-order valence-corrected chi connectivity index (χ4v) is 3.61. The normalized spacial score (nSPS) is 14.8. The molecule has 4 rings (SSSR count). The molecule has 0 bridgehead atoms. The lowest BCUT2D eigenvalue weighted by Crippen LogP contribution is -2.50. The van der Waals surface area contributed by atoms with Crippen LogP contribution in [0.4, 0.5) is 0 Å². The summed E-state index contributed by atoms with van der Waals surface area (Å²) in [6, 6.07) is 15.4. The average molecular weight is 438 g/mol. The molecule has 1 N–H and O–H groups in total. The molecule has 1 aromatic heterocycles. The maximum Gasteiger partial charge on any atom is 0.253 e. The molecule has 2 amide bonds. The van der Waals surface area contributed by atoms with Crippen molar-refractivity contribution in [3.63, 3.8) is 0 Å². The number of carbonyl (C=O) groups excluding carboxylic acids is 2. The first-order valence-corrected chi connectivity index (χ1v) is 9.98. The summed E-state index contributed by atoms with van der Waals surface area (Å²) in [7, 11) is 0. The predicted octanol–water partition coefficient (Wildman–Crippen LogP) is 3.93. The first kappa shape index (κ1) is 18.5. The number of aromatic nitrogens is 1. The van der Waals surface area contributed by atoms with Crippen LogP contribution in [-0.4, -0.2) is 52.8 Å². The van der Waals surface area contributed by atoms with Gasteiger partial charge in [0.2, 0.25) is 5.91 Å². The van der Waals surface area contributed by atoms with E-state index in [-0.39, 0.29) is 11.8 Å². The lowest BCUT2D eigenvalue weighted by atomic mass is 10.1. The minimum absolute atomic E-state index is 0.0144. The van der Waals surface area contributed by atoms with Gasteiger partial charge >= 0.3 is 0 Å². The molecule has 0 radical (unpaired) electrons. The Hall–Kier alpha value is -2.86. The minimum atomic E-state index is -0.0243. The molecule has 0 aliphatic carbocycles. The number of fused-ring (bicyclic) bond motifs is 1. The molecule has 1 aliphatic heterocycles. The van der Waals surface area contributed by atoms with Crippen molar-refractivity contribution in [1.29, 1.82) is 0 Å². The number of carbonyl (C=O) groups is 2. The fraction of sp³-hybridized carbons (Fsp3) is 0.182. The molecular weight excluding hydrogens is 418 g/mol. The monoisotopic (exact) mass is 437 g/mol. The van der Waals surface area contributed by atoms with Crippen LogP contribution in [0.5, 0.6) is 0 Å². The quantitative estimate of drug-likeness (QED) is 0.631. The Bertz CT molecular complexity index is 1030. The number of benzene rings is 2. The zero-order chi connectivity index (χ0) is 19.5. The number of H-pyrrole nitrogens is 1. The molecule has 1 aliphatic rings. The van der Waals surface area contributed by atoms with E-state index in [0.29, 0.717) is 31.7 Å². The first-order chi connectivity index (χ1) is 13.6. The zero-order valence-corrected chi connectivity index (χ0v) is 16.9. The maximum atomic E-state index is 12.8.